The van der Waals surface area contributed by atoms with Crippen molar-refractivity contribution in [1.82, 2.24) is 10.6 Å². The summed E-state index contributed by atoms with van der Waals surface area (Å²) >= 11 is 1.82. The molecule has 0 bridgehead atoms. The van der Waals surface area contributed by atoms with Crippen LogP contribution in [0.15, 0.2) is 25.3 Å². The van der Waals surface area contributed by atoms with Gasteiger partial charge in [-0.3, -0.25) is 0 Å². The van der Waals surface area contributed by atoms with Gasteiger partial charge >= 0.3 is 0 Å². The van der Waals surface area contributed by atoms with E-state index >= 15 is 0 Å². The minimum Gasteiger partial charge on any atom is -0.304 e. The van der Waals surface area contributed by atoms with Gasteiger partial charge < -0.3 is 10.6 Å². The molecule has 0 atom stereocenters. The fourth-order valence-corrected chi connectivity index (χ4v) is 1.14. The summed E-state index contributed by atoms with van der Waals surface area (Å²) in [5, 5.41) is 6.38. The van der Waals surface area contributed by atoms with Crippen LogP contribution in [0.25, 0.3) is 0 Å². The summed E-state index contributed by atoms with van der Waals surface area (Å²) in [6.45, 7) is 8.98. The zero-order valence-electron chi connectivity index (χ0n) is 6.81. The van der Waals surface area contributed by atoms with Crippen molar-refractivity contribution < 1.29 is 0 Å². The first-order chi connectivity index (χ1) is 5.41. The molecular weight excluding hydrogens is 156 g/mol. The Balaban J connectivity index is 2.79. The van der Waals surface area contributed by atoms with Crippen LogP contribution in [0.3, 0.4) is 0 Å². The lowest BCUT2D eigenvalue weighted by Gasteiger charge is -2.01. The summed E-state index contributed by atoms with van der Waals surface area (Å²) in [5.74, 6) is 1.94. The highest BCUT2D eigenvalue weighted by atomic mass is 32.2. The third kappa shape index (κ3) is 9.75. The number of hydrogen-bond donors (Lipinski definition) is 2. The van der Waals surface area contributed by atoms with Gasteiger partial charge in [0.05, 0.1) is 0 Å². The standard InChI is InChI=1S/C8H16N2S/c1-3-5-9-7-11-8-10-6-4-2/h3-4,9-10H,1-2,5-8H2. The molecule has 0 saturated heterocycles. The molecule has 0 aliphatic rings. The Morgan fingerprint density at radius 1 is 1.00 bits per heavy atom. The molecule has 0 aromatic carbocycles. The largest absolute Gasteiger partial charge is 0.304 e. The van der Waals surface area contributed by atoms with Crippen LogP contribution in [0.2, 0.25) is 0 Å². The molecule has 11 heavy (non-hydrogen) atoms. The van der Waals surface area contributed by atoms with Crippen molar-refractivity contribution in [3.8, 4) is 0 Å². The van der Waals surface area contributed by atoms with Crippen molar-refractivity contribution >= 4 is 11.8 Å². The Bertz CT molecular complexity index is 92.3. The molecule has 0 spiro atoms. The second kappa shape index (κ2) is 9.75. The molecule has 0 aromatic rings. The van der Waals surface area contributed by atoms with Crippen LogP contribution >= 0.6 is 11.8 Å². The van der Waals surface area contributed by atoms with E-state index in [-0.39, 0.29) is 0 Å². The van der Waals surface area contributed by atoms with E-state index in [9.17, 15) is 0 Å². The van der Waals surface area contributed by atoms with Gasteiger partial charge in [-0.25, -0.2) is 0 Å². The summed E-state index contributed by atoms with van der Waals surface area (Å²) in [6.07, 6.45) is 3.72. The molecule has 0 unspecified atom stereocenters. The maximum atomic E-state index is 3.61. The molecule has 0 amide bonds. The maximum absolute atomic E-state index is 3.61. The molecule has 2 N–H and O–H groups in total. The zero-order valence-corrected chi connectivity index (χ0v) is 7.62. The highest BCUT2D eigenvalue weighted by Gasteiger charge is 1.84. The summed E-state index contributed by atoms with van der Waals surface area (Å²) in [4.78, 5) is 0. The second-order valence-corrected chi connectivity index (χ2v) is 2.96. The first kappa shape index (κ1) is 10.8. The Morgan fingerprint density at radius 3 is 1.82 bits per heavy atom. The molecule has 0 saturated carbocycles. The highest BCUT2D eigenvalue weighted by molar-refractivity contribution is 7.99. The Labute approximate surface area is 73.1 Å². The van der Waals surface area contributed by atoms with E-state index in [1.54, 1.807) is 0 Å². The number of hydrogen-bond acceptors (Lipinski definition) is 3. The number of rotatable bonds is 8. The van der Waals surface area contributed by atoms with Crippen LogP contribution in [0.1, 0.15) is 0 Å². The van der Waals surface area contributed by atoms with Crippen LogP contribution in [-0.2, 0) is 0 Å². The maximum Gasteiger partial charge on any atom is 0.0433 e. The molecule has 0 radical (unpaired) electrons. The van der Waals surface area contributed by atoms with Crippen molar-refractivity contribution in [2.75, 3.05) is 24.8 Å². The van der Waals surface area contributed by atoms with Crippen LogP contribution in [0.4, 0.5) is 0 Å². The molecule has 3 heteroatoms. The summed E-state index contributed by atoms with van der Waals surface area (Å²) in [7, 11) is 0. The van der Waals surface area contributed by atoms with Gasteiger partial charge in [-0.05, 0) is 0 Å². The SMILES string of the molecule is C=CCNCSCNCC=C. The Morgan fingerprint density at radius 2 is 1.45 bits per heavy atom. The quantitative estimate of drug-likeness (QED) is 0.327. The van der Waals surface area contributed by atoms with Crippen molar-refractivity contribution in [3.05, 3.63) is 25.3 Å². The fraction of sp³-hybridized carbons (Fsp3) is 0.500. The van der Waals surface area contributed by atoms with E-state index < -0.39 is 0 Å². The van der Waals surface area contributed by atoms with Crippen molar-refractivity contribution in [2.24, 2.45) is 0 Å². The van der Waals surface area contributed by atoms with Crippen LogP contribution in [0, 0.1) is 0 Å². The van der Waals surface area contributed by atoms with Gasteiger partial charge in [0.15, 0.2) is 0 Å². The van der Waals surface area contributed by atoms with E-state index in [2.05, 4.69) is 23.8 Å². The van der Waals surface area contributed by atoms with Gasteiger partial charge in [-0.1, -0.05) is 12.2 Å². The first-order valence-corrected chi connectivity index (χ1v) is 4.78. The lowest BCUT2D eigenvalue weighted by Crippen LogP contribution is -2.17. The molecule has 2 nitrogen and oxygen atoms in total. The molecule has 0 aromatic heterocycles. The van der Waals surface area contributed by atoms with Crippen molar-refractivity contribution in [2.45, 2.75) is 0 Å². The van der Waals surface area contributed by atoms with Gasteiger partial charge in [0.1, 0.15) is 0 Å². The highest BCUT2D eigenvalue weighted by Crippen LogP contribution is 1.91. The zero-order chi connectivity index (χ0) is 8.36. The lowest BCUT2D eigenvalue weighted by atomic mass is 10.6. The van der Waals surface area contributed by atoms with Crippen LogP contribution < -0.4 is 10.6 Å². The fourth-order valence-electron chi connectivity index (χ4n) is 0.517. The predicted molar refractivity (Wildman–Crippen MR) is 53.7 cm³/mol. The molecule has 0 rings (SSSR count). The first-order valence-electron chi connectivity index (χ1n) is 3.62. The van der Waals surface area contributed by atoms with Gasteiger partial charge in [0, 0.05) is 24.8 Å². The number of thioether (sulfide) groups is 1. The van der Waals surface area contributed by atoms with Crippen LogP contribution in [0.5, 0.6) is 0 Å². The molecule has 0 aliphatic heterocycles. The third-order valence-corrected chi connectivity index (χ3v) is 1.80. The minimum absolute atomic E-state index is 0.883. The van der Waals surface area contributed by atoms with Gasteiger partial charge in [-0.2, -0.15) is 0 Å². The molecule has 0 aliphatic carbocycles. The Kier molecular flexibility index (Phi) is 9.53. The molecule has 64 valence electrons. The van der Waals surface area contributed by atoms with E-state index in [0.717, 1.165) is 24.8 Å². The van der Waals surface area contributed by atoms with E-state index in [1.807, 2.05) is 23.9 Å². The predicted octanol–water partition coefficient (Wildman–Crippen LogP) is 1.19. The average molecular weight is 172 g/mol. The van der Waals surface area contributed by atoms with E-state index in [4.69, 9.17) is 0 Å². The summed E-state index contributed by atoms with van der Waals surface area (Å²) in [5.41, 5.74) is 0. The molecule has 0 heterocycles. The Hall–Kier alpha value is -0.250. The van der Waals surface area contributed by atoms with E-state index in [1.165, 1.54) is 0 Å². The van der Waals surface area contributed by atoms with Gasteiger partial charge in [-0.15, -0.1) is 24.9 Å². The van der Waals surface area contributed by atoms with Crippen molar-refractivity contribution in [3.63, 3.8) is 0 Å². The monoisotopic (exact) mass is 172 g/mol. The van der Waals surface area contributed by atoms with Crippen LogP contribution in [-0.4, -0.2) is 24.8 Å². The average Bonchev–Trinajstić information content (AvgIpc) is 2.03. The second-order valence-electron chi connectivity index (χ2n) is 1.98. The minimum atomic E-state index is 0.883. The van der Waals surface area contributed by atoms with E-state index in [0.29, 0.717) is 0 Å². The van der Waals surface area contributed by atoms with Crippen molar-refractivity contribution in [1.29, 1.82) is 0 Å². The molecular formula is C8H16N2S. The van der Waals surface area contributed by atoms with Gasteiger partial charge in [0.2, 0.25) is 0 Å². The molecule has 0 fully saturated rings. The third-order valence-electron chi connectivity index (χ3n) is 0.986. The normalized spacial score (nSPS) is 9.45. The smallest absolute Gasteiger partial charge is 0.0433 e. The van der Waals surface area contributed by atoms with Gasteiger partial charge in [0.25, 0.3) is 0 Å². The lowest BCUT2D eigenvalue weighted by molar-refractivity contribution is 0.868. The summed E-state index contributed by atoms with van der Waals surface area (Å²) in [6, 6.07) is 0. The number of nitrogens with one attached hydrogen (secondary N) is 2. The topological polar surface area (TPSA) is 24.1 Å². The summed E-state index contributed by atoms with van der Waals surface area (Å²) < 4.78 is 0.